The number of Topliss-reactive ketones (excluding diaryl/α,β-unsaturated/α-hetero) is 1. The first-order valence-corrected chi connectivity index (χ1v) is 4.92. The number of rotatable bonds is 1. The molecule has 14 heavy (non-hydrogen) atoms. The minimum atomic E-state index is -0.329. The molecule has 0 aromatic heterocycles. The van der Waals surface area contributed by atoms with Gasteiger partial charge < -0.3 is 5.11 Å². The Morgan fingerprint density at radius 2 is 2.21 bits per heavy atom. The van der Waals surface area contributed by atoms with E-state index in [0.717, 1.165) is 29.5 Å². The highest BCUT2D eigenvalue weighted by molar-refractivity contribution is 5.96. The van der Waals surface area contributed by atoms with Gasteiger partial charge in [0.1, 0.15) is 0 Å². The van der Waals surface area contributed by atoms with E-state index in [2.05, 4.69) is 0 Å². The molecule has 74 valence electrons. The Labute approximate surface area is 83.6 Å². The lowest BCUT2D eigenvalue weighted by Gasteiger charge is -2.09. The lowest BCUT2D eigenvalue weighted by atomic mass is 9.96. The molecule has 1 aromatic carbocycles. The predicted octanol–water partition coefficient (Wildman–Crippen LogP) is 2.18. The molecule has 0 saturated carbocycles. The van der Waals surface area contributed by atoms with Crippen molar-refractivity contribution < 1.29 is 9.90 Å². The third kappa shape index (κ3) is 1.26. The third-order valence-electron chi connectivity index (χ3n) is 3.04. The molecule has 0 radical (unpaired) electrons. The minimum absolute atomic E-state index is 0.103. The van der Waals surface area contributed by atoms with Crippen molar-refractivity contribution in [1.82, 2.24) is 0 Å². The SMILES string of the molecule is CC(=O)c1ccc2c(c1C)CCC2O. The molecule has 0 amide bonds. The molecule has 1 aliphatic rings. The van der Waals surface area contributed by atoms with Crippen LogP contribution in [0.4, 0.5) is 0 Å². The Kier molecular flexibility index (Phi) is 2.16. The van der Waals surface area contributed by atoms with Gasteiger partial charge in [0.2, 0.25) is 0 Å². The van der Waals surface area contributed by atoms with E-state index in [0.29, 0.717) is 0 Å². The first kappa shape index (κ1) is 9.41. The zero-order valence-corrected chi connectivity index (χ0v) is 8.50. The van der Waals surface area contributed by atoms with Crippen LogP contribution in [0.1, 0.15) is 46.5 Å². The lowest BCUT2D eigenvalue weighted by Crippen LogP contribution is -2.00. The number of carbonyl (C=O) groups excluding carboxylic acids is 1. The second kappa shape index (κ2) is 3.21. The van der Waals surface area contributed by atoms with Crippen molar-refractivity contribution in [3.05, 3.63) is 34.4 Å². The fraction of sp³-hybridized carbons (Fsp3) is 0.417. The summed E-state index contributed by atoms with van der Waals surface area (Å²) in [6, 6.07) is 3.71. The number of carbonyl (C=O) groups is 1. The molecule has 0 spiro atoms. The number of hydrogen-bond acceptors (Lipinski definition) is 2. The monoisotopic (exact) mass is 190 g/mol. The van der Waals surface area contributed by atoms with Gasteiger partial charge in [0.25, 0.3) is 0 Å². The molecule has 2 rings (SSSR count). The quantitative estimate of drug-likeness (QED) is 0.689. The molecule has 0 aliphatic heterocycles. The minimum Gasteiger partial charge on any atom is -0.388 e. The van der Waals surface area contributed by atoms with Crippen LogP contribution in [0.3, 0.4) is 0 Å². The molecule has 1 atom stereocenters. The molecule has 1 aromatic rings. The average Bonchev–Trinajstić information content (AvgIpc) is 2.49. The number of aliphatic hydroxyl groups is 1. The molecule has 1 aliphatic carbocycles. The van der Waals surface area contributed by atoms with E-state index < -0.39 is 0 Å². The zero-order chi connectivity index (χ0) is 10.3. The molecular formula is C12H14O2. The predicted molar refractivity (Wildman–Crippen MR) is 54.5 cm³/mol. The standard InChI is InChI=1S/C12H14O2/c1-7-9(8(2)13)3-4-11-10(7)5-6-12(11)14/h3-4,12,14H,5-6H2,1-2H3. The first-order chi connectivity index (χ1) is 6.61. The van der Waals surface area contributed by atoms with Gasteiger partial charge in [-0.15, -0.1) is 0 Å². The summed E-state index contributed by atoms with van der Waals surface area (Å²) in [5.41, 5.74) is 4.02. The summed E-state index contributed by atoms with van der Waals surface area (Å²) in [7, 11) is 0. The summed E-state index contributed by atoms with van der Waals surface area (Å²) in [5.74, 6) is 0.103. The molecule has 0 fully saturated rings. The molecule has 1 unspecified atom stereocenters. The first-order valence-electron chi connectivity index (χ1n) is 4.92. The van der Waals surface area contributed by atoms with E-state index >= 15 is 0 Å². The van der Waals surface area contributed by atoms with Crippen LogP contribution >= 0.6 is 0 Å². The van der Waals surface area contributed by atoms with Gasteiger partial charge in [-0.05, 0) is 43.4 Å². The Morgan fingerprint density at radius 1 is 1.50 bits per heavy atom. The summed E-state index contributed by atoms with van der Waals surface area (Å²) in [4.78, 5) is 11.3. The fourth-order valence-corrected chi connectivity index (χ4v) is 2.24. The molecule has 2 nitrogen and oxygen atoms in total. The van der Waals surface area contributed by atoms with Crippen molar-refractivity contribution in [3.63, 3.8) is 0 Å². The maximum absolute atomic E-state index is 11.3. The Bertz CT molecular complexity index is 394. The number of fused-ring (bicyclic) bond motifs is 1. The van der Waals surface area contributed by atoms with Gasteiger partial charge in [-0.2, -0.15) is 0 Å². The Morgan fingerprint density at radius 3 is 2.86 bits per heavy atom. The van der Waals surface area contributed by atoms with Crippen molar-refractivity contribution in [2.24, 2.45) is 0 Å². The van der Waals surface area contributed by atoms with Gasteiger partial charge in [-0.1, -0.05) is 12.1 Å². The number of ketones is 1. The van der Waals surface area contributed by atoms with E-state index in [-0.39, 0.29) is 11.9 Å². The van der Waals surface area contributed by atoms with Gasteiger partial charge >= 0.3 is 0 Å². The van der Waals surface area contributed by atoms with Crippen LogP contribution in [-0.4, -0.2) is 10.9 Å². The average molecular weight is 190 g/mol. The maximum atomic E-state index is 11.3. The van der Waals surface area contributed by atoms with E-state index in [1.807, 2.05) is 19.1 Å². The smallest absolute Gasteiger partial charge is 0.160 e. The van der Waals surface area contributed by atoms with Crippen LogP contribution in [0.25, 0.3) is 0 Å². The van der Waals surface area contributed by atoms with E-state index in [1.54, 1.807) is 6.92 Å². The van der Waals surface area contributed by atoms with Gasteiger partial charge in [0.15, 0.2) is 5.78 Å². The number of hydrogen-bond donors (Lipinski definition) is 1. The van der Waals surface area contributed by atoms with Gasteiger partial charge in [0, 0.05) is 5.56 Å². The van der Waals surface area contributed by atoms with Crippen molar-refractivity contribution in [1.29, 1.82) is 0 Å². The summed E-state index contributed by atoms with van der Waals surface area (Å²) < 4.78 is 0. The highest BCUT2D eigenvalue weighted by atomic mass is 16.3. The number of benzene rings is 1. The summed E-state index contributed by atoms with van der Waals surface area (Å²) in [6.45, 7) is 3.55. The molecule has 1 N–H and O–H groups in total. The molecular weight excluding hydrogens is 176 g/mol. The van der Waals surface area contributed by atoms with E-state index in [9.17, 15) is 9.90 Å². The summed E-state index contributed by atoms with van der Waals surface area (Å²) in [6.07, 6.45) is 1.35. The fourth-order valence-electron chi connectivity index (χ4n) is 2.24. The highest BCUT2D eigenvalue weighted by Crippen LogP contribution is 2.34. The number of aliphatic hydroxyl groups excluding tert-OH is 1. The van der Waals surface area contributed by atoms with Gasteiger partial charge in [-0.3, -0.25) is 4.79 Å². The van der Waals surface area contributed by atoms with Crippen LogP contribution in [0, 0.1) is 6.92 Å². The van der Waals surface area contributed by atoms with Crippen molar-refractivity contribution >= 4 is 5.78 Å². The topological polar surface area (TPSA) is 37.3 Å². The Balaban J connectivity index is 2.58. The van der Waals surface area contributed by atoms with Crippen LogP contribution in [0.2, 0.25) is 0 Å². The molecule has 0 heterocycles. The van der Waals surface area contributed by atoms with Gasteiger partial charge in [0.05, 0.1) is 6.10 Å². The zero-order valence-electron chi connectivity index (χ0n) is 8.50. The largest absolute Gasteiger partial charge is 0.388 e. The van der Waals surface area contributed by atoms with Crippen LogP contribution in [0.15, 0.2) is 12.1 Å². The van der Waals surface area contributed by atoms with Crippen LogP contribution < -0.4 is 0 Å². The molecule has 0 bridgehead atoms. The van der Waals surface area contributed by atoms with E-state index in [4.69, 9.17) is 0 Å². The highest BCUT2D eigenvalue weighted by Gasteiger charge is 2.23. The molecule has 0 saturated heterocycles. The second-order valence-electron chi connectivity index (χ2n) is 3.92. The van der Waals surface area contributed by atoms with Crippen LogP contribution in [-0.2, 0) is 6.42 Å². The maximum Gasteiger partial charge on any atom is 0.160 e. The van der Waals surface area contributed by atoms with Crippen LogP contribution in [0.5, 0.6) is 0 Å². The lowest BCUT2D eigenvalue weighted by molar-refractivity contribution is 0.101. The van der Waals surface area contributed by atoms with Crippen molar-refractivity contribution in [2.45, 2.75) is 32.8 Å². The molecule has 2 heteroatoms. The third-order valence-corrected chi connectivity index (χ3v) is 3.04. The van der Waals surface area contributed by atoms with E-state index in [1.165, 1.54) is 5.56 Å². The van der Waals surface area contributed by atoms with Crippen molar-refractivity contribution in [2.75, 3.05) is 0 Å². The van der Waals surface area contributed by atoms with Crippen molar-refractivity contribution in [3.8, 4) is 0 Å². The summed E-state index contributed by atoms with van der Waals surface area (Å²) >= 11 is 0. The summed E-state index contributed by atoms with van der Waals surface area (Å²) in [5, 5.41) is 9.65. The van der Waals surface area contributed by atoms with Gasteiger partial charge in [-0.25, -0.2) is 0 Å². The Hall–Kier alpha value is -1.15. The normalized spacial score (nSPS) is 19.5. The second-order valence-corrected chi connectivity index (χ2v) is 3.92.